The summed E-state index contributed by atoms with van der Waals surface area (Å²) < 4.78 is 0. The van der Waals surface area contributed by atoms with Crippen LogP contribution in [0.25, 0.3) is 0 Å². The summed E-state index contributed by atoms with van der Waals surface area (Å²) in [6, 6.07) is 1.59. The smallest absolute Gasteiger partial charge is 0.271 e. The zero-order valence-corrected chi connectivity index (χ0v) is 13.6. The van der Waals surface area contributed by atoms with Crippen LogP contribution in [0, 0.1) is 0 Å². The van der Waals surface area contributed by atoms with E-state index < -0.39 is 0 Å². The maximum absolute atomic E-state index is 12.5. The van der Waals surface area contributed by atoms with Crippen molar-refractivity contribution in [1.29, 1.82) is 0 Å². The van der Waals surface area contributed by atoms with Crippen LogP contribution in [0.1, 0.15) is 23.3 Å². The molecule has 0 aromatic carbocycles. The van der Waals surface area contributed by atoms with Crippen molar-refractivity contribution in [2.24, 2.45) is 0 Å². The van der Waals surface area contributed by atoms with E-state index in [1.807, 2.05) is 33.1 Å². The number of carbonyl (C=O) groups is 1. The van der Waals surface area contributed by atoms with Crippen molar-refractivity contribution in [2.45, 2.75) is 12.8 Å². The van der Waals surface area contributed by atoms with E-state index in [9.17, 15) is 4.79 Å². The van der Waals surface area contributed by atoms with Crippen LogP contribution in [0.5, 0.6) is 0 Å². The SMILES string of the molecule is CN(C)CCCN(CCCN(C)C)C(=O)c1cc(N)n[nH]1. The monoisotopic (exact) mass is 296 g/mol. The van der Waals surface area contributed by atoms with E-state index in [0.717, 1.165) is 39.0 Å². The highest BCUT2D eigenvalue weighted by Gasteiger charge is 2.17. The number of anilines is 1. The predicted octanol–water partition coefficient (Wildman–Crippen LogP) is 0.338. The topological polar surface area (TPSA) is 81.5 Å². The summed E-state index contributed by atoms with van der Waals surface area (Å²) in [5.41, 5.74) is 6.03. The summed E-state index contributed by atoms with van der Waals surface area (Å²) in [7, 11) is 8.14. The van der Waals surface area contributed by atoms with Crippen LogP contribution in [-0.4, -0.2) is 85.2 Å². The molecular weight excluding hydrogens is 268 g/mol. The van der Waals surface area contributed by atoms with E-state index in [-0.39, 0.29) is 5.91 Å². The molecule has 3 N–H and O–H groups in total. The summed E-state index contributed by atoms with van der Waals surface area (Å²) in [4.78, 5) is 18.6. The Morgan fingerprint density at radius 2 is 1.62 bits per heavy atom. The fraction of sp³-hybridized carbons (Fsp3) is 0.714. The van der Waals surface area contributed by atoms with E-state index in [1.165, 1.54) is 0 Å². The van der Waals surface area contributed by atoms with Crippen LogP contribution in [0.15, 0.2) is 6.07 Å². The van der Waals surface area contributed by atoms with Crippen LogP contribution in [0.2, 0.25) is 0 Å². The molecule has 0 aliphatic carbocycles. The van der Waals surface area contributed by atoms with Crippen molar-refractivity contribution >= 4 is 11.7 Å². The van der Waals surface area contributed by atoms with Crippen LogP contribution >= 0.6 is 0 Å². The maximum Gasteiger partial charge on any atom is 0.271 e. The summed E-state index contributed by atoms with van der Waals surface area (Å²) in [6.07, 6.45) is 1.90. The number of aromatic amines is 1. The van der Waals surface area contributed by atoms with Crippen molar-refractivity contribution in [3.8, 4) is 0 Å². The standard InChI is InChI=1S/C14H28N6O/c1-18(2)7-5-9-20(10-6-8-19(3)4)14(21)12-11-13(15)17-16-12/h11H,5-10H2,1-4H3,(H3,15,16,17). The molecule has 1 aromatic rings. The second-order valence-electron chi connectivity index (χ2n) is 5.81. The second-order valence-corrected chi connectivity index (χ2v) is 5.81. The molecule has 0 aliphatic heterocycles. The number of hydrogen-bond donors (Lipinski definition) is 2. The van der Waals surface area contributed by atoms with Crippen LogP contribution < -0.4 is 5.73 Å². The van der Waals surface area contributed by atoms with E-state index in [0.29, 0.717) is 11.5 Å². The highest BCUT2D eigenvalue weighted by molar-refractivity contribution is 5.92. The molecule has 1 aromatic heterocycles. The average molecular weight is 296 g/mol. The predicted molar refractivity (Wildman–Crippen MR) is 85.2 cm³/mol. The Balaban J connectivity index is 2.59. The van der Waals surface area contributed by atoms with E-state index in [4.69, 9.17) is 5.73 Å². The van der Waals surface area contributed by atoms with Crippen molar-refractivity contribution in [3.63, 3.8) is 0 Å². The lowest BCUT2D eigenvalue weighted by Crippen LogP contribution is -2.35. The van der Waals surface area contributed by atoms with Gasteiger partial charge in [-0.15, -0.1) is 0 Å². The first-order chi connectivity index (χ1) is 9.90. The van der Waals surface area contributed by atoms with E-state index >= 15 is 0 Å². The molecule has 0 atom stereocenters. The third kappa shape index (κ3) is 6.59. The lowest BCUT2D eigenvalue weighted by atomic mass is 10.2. The van der Waals surface area contributed by atoms with Gasteiger partial charge < -0.3 is 20.4 Å². The number of amides is 1. The Hall–Kier alpha value is -1.60. The molecule has 0 spiro atoms. The zero-order chi connectivity index (χ0) is 15.8. The Bertz CT molecular complexity index is 415. The zero-order valence-electron chi connectivity index (χ0n) is 13.6. The number of nitrogens with one attached hydrogen (secondary N) is 1. The minimum absolute atomic E-state index is 0.0308. The number of nitrogen functional groups attached to an aromatic ring is 1. The van der Waals surface area contributed by atoms with Gasteiger partial charge in [-0.25, -0.2) is 0 Å². The fourth-order valence-electron chi connectivity index (χ4n) is 2.09. The van der Waals surface area contributed by atoms with Gasteiger partial charge in [0, 0.05) is 19.2 Å². The third-order valence-electron chi connectivity index (χ3n) is 3.18. The number of aromatic nitrogens is 2. The van der Waals surface area contributed by atoms with Crippen LogP contribution in [-0.2, 0) is 0 Å². The molecule has 21 heavy (non-hydrogen) atoms. The van der Waals surface area contributed by atoms with Crippen molar-refractivity contribution in [1.82, 2.24) is 24.9 Å². The molecule has 0 saturated heterocycles. The highest BCUT2D eigenvalue weighted by atomic mass is 16.2. The normalized spacial score (nSPS) is 11.3. The Morgan fingerprint density at radius 1 is 1.10 bits per heavy atom. The molecule has 0 aliphatic rings. The van der Waals surface area contributed by atoms with Gasteiger partial charge in [-0.1, -0.05) is 0 Å². The molecule has 0 saturated carbocycles. The maximum atomic E-state index is 12.5. The largest absolute Gasteiger partial charge is 0.382 e. The lowest BCUT2D eigenvalue weighted by molar-refractivity contribution is 0.0739. The molecule has 7 nitrogen and oxygen atoms in total. The Kier molecular flexibility index (Phi) is 7.18. The number of nitrogens with two attached hydrogens (primary N) is 1. The molecule has 0 bridgehead atoms. The average Bonchev–Trinajstić information content (AvgIpc) is 2.82. The first-order valence-corrected chi connectivity index (χ1v) is 7.29. The second kappa shape index (κ2) is 8.63. The van der Waals surface area contributed by atoms with Crippen molar-refractivity contribution in [3.05, 3.63) is 11.8 Å². The van der Waals surface area contributed by atoms with Gasteiger partial charge in [0.1, 0.15) is 11.5 Å². The van der Waals surface area contributed by atoms with Crippen LogP contribution in [0.3, 0.4) is 0 Å². The summed E-state index contributed by atoms with van der Waals surface area (Å²) in [6.45, 7) is 3.40. The van der Waals surface area contributed by atoms with Crippen LogP contribution in [0.4, 0.5) is 5.82 Å². The van der Waals surface area contributed by atoms with Gasteiger partial charge in [-0.05, 0) is 54.1 Å². The molecule has 1 rings (SSSR count). The van der Waals surface area contributed by atoms with Gasteiger partial charge in [-0.3, -0.25) is 9.89 Å². The van der Waals surface area contributed by atoms with Gasteiger partial charge in [0.25, 0.3) is 5.91 Å². The summed E-state index contributed by atoms with van der Waals surface area (Å²) in [5.74, 6) is 0.316. The Morgan fingerprint density at radius 3 is 2.00 bits per heavy atom. The molecular formula is C14H28N6O. The quantitative estimate of drug-likeness (QED) is 0.686. The first kappa shape index (κ1) is 17.5. The molecule has 0 radical (unpaired) electrons. The number of H-pyrrole nitrogens is 1. The molecule has 7 heteroatoms. The number of carbonyl (C=O) groups excluding carboxylic acids is 1. The molecule has 120 valence electrons. The Labute approximate surface area is 127 Å². The van der Waals surface area contributed by atoms with Gasteiger partial charge in [0.15, 0.2) is 0 Å². The van der Waals surface area contributed by atoms with E-state index in [2.05, 4.69) is 20.0 Å². The molecule has 0 unspecified atom stereocenters. The van der Waals surface area contributed by atoms with Gasteiger partial charge in [0.05, 0.1) is 0 Å². The minimum atomic E-state index is -0.0308. The number of hydrogen-bond acceptors (Lipinski definition) is 5. The van der Waals surface area contributed by atoms with Crippen molar-refractivity contribution < 1.29 is 4.79 Å². The van der Waals surface area contributed by atoms with Gasteiger partial charge >= 0.3 is 0 Å². The van der Waals surface area contributed by atoms with E-state index in [1.54, 1.807) is 6.07 Å². The molecule has 1 amide bonds. The molecule has 1 heterocycles. The number of nitrogens with zero attached hydrogens (tertiary/aromatic N) is 4. The van der Waals surface area contributed by atoms with Gasteiger partial charge in [0.2, 0.25) is 0 Å². The highest BCUT2D eigenvalue weighted by Crippen LogP contribution is 2.07. The lowest BCUT2D eigenvalue weighted by Gasteiger charge is -2.23. The van der Waals surface area contributed by atoms with Gasteiger partial charge in [-0.2, -0.15) is 5.10 Å². The van der Waals surface area contributed by atoms with Crippen molar-refractivity contribution in [2.75, 3.05) is 60.1 Å². The number of rotatable bonds is 9. The summed E-state index contributed by atoms with van der Waals surface area (Å²) in [5, 5.41) is 6.52. The summed E-state index contributed by atoms with van der Waals surface area (Å²) >= 11 is 0. The fourth-order valence-corrected chi connectivity index (χ4v) is 2.09. The first-order valence-electron chi connectivity index (χ1n) is 7.29. The third-order valence-corrected chi connectivity index (χ3v) is 3.18. The molecule has 0 fully saturated rings. The minimum Gasteiger partial charge on any atom is -0.382 e.